The minimum absolute atomic E-state index is 0.162. The summed E-state index contributed by atoms with van der Waals surface area (Å²) in [6.45, 7) is 0. The van der Waals surface area contributed by atoms with Crippen molar-refractivity contribution in [2.45, 2.75) is 37.9 Å². The predicted molar refractivity (Wildman–Crippen MR) is 103 cm³/mol. The van der Waals surface area contributed by atoms with E-state index in [0.29, 0.717) is 48.3 Å². The molecule has 0 radical (unpaired) electrons. The predicted octanol–water partition coefficient (Wildman–Crippen LogP) is 4.03. The summed E-state index contributed by atoms with van der Waals surface area (Å²) in [7, 11) is 3.15. The number of hydrogen-bond donors (Lipinski definition) is 0. The van der Waals surface area contributed by atoms with Crippen molar-refractivity contribution in [2.75, 3.05) is 14.2 Å². The van der Waals surface area contributed by atoms with Gasteiger partial charge in [-0.25, -0.2) is 9.59 Å². The van der Waals surface area contributed by atoms with Gasteiger partial charge in [-0.15, -0.1) is 0 Å². The van der Waals surface area contributed by atoms with E-state index in [1.165, 1.54) is 0 Å². The van der Waals surface area contributed by atoms with E-state index >= 15 is 0 Å². The lowest BCUT2D eigenvalue weighted by atomic mass is 9.95. The molecule has 148 valence electrons. The Morgan fingerprint density at radius 3 is 1.25 bits per heavy atom. The first kappa shape index (κ1) is 19.7. The highest BCUT2D eigenvalue weighted by Crippen LogP contribution is 2.25. The fourth-order valence-electron chi connectivity index (χ4n) is 3.16. The zero-order valence-electron chi connectivity index (χ0n) is 16.1. The Balaban J connectivity index is 1.45. The van der Waals surface area contributed by atoms with Crippen molar-refractivity contribution in [1.82, 2.24) is 0 Å². The van der Waals surface area contributed by atoms with E-state index in [-0.39, 0.29) is 24.1 Å². The number of carbonyl (C=O) groups is 2. The van der Waals surface area contributed by atoms with Gasteiger partial charge in [-0.2, -0.15) is 0 Å². The molecule has 1 saturated carbocycles. The van der Waals surface area contributed by atoms with Crippen molar-refractivity contribution in [3.63, 3.8) is 0 Å². The summed E-state index contributed by atoms with van der Waals surface area (Å²) in [5.74, 6) is 0.689. The third-order valence-electron chi connectivity index (χ3n) is 4.82. The Bertz CT molecular complexity index is 719. The quantitative estimate of drug-likeness (QED) is 0.701. The molecule has 6 heteroatoms. The van der Waals surface area contributed by atoms with Gasteiger partial charge >= 0.3 is 11.9 Å². The van der Waals surface area contributed by atoms with Crippen molar-refractivity contribution in [1.29, 1.82) is 0 Å². The van der Waals surface area contributed by atoms with Crippen LogP contribution in [0.4, 0.5) is 0 Å². The molecule has 1 fully saturated rings. The van der Waals surface area contributed by atoms with Crippen molar-refractivity contribution in [3.8, 4) is 11.5 Å². The molecule has 0 N–H and O–H groups in total. The average molecular weight is 384 g/mol. The van der Waals surface area contributed by atoms with Crippen LogP contribution in [0, 0.1) is 0 Å². The van der Waals surface area contributed by atoms with E-state index in [1.54, 1.807) is 62.8 Å². The molecule has 0 aromatic heterocycles. The van der Waals surface area contributed by atoms with E-state index in [1.807, 2.05) is 0 Å². The number of rotatable bonds is 6. The Hall–Kier alpha value is -3.02. The molecular weight excluding hydrogens is 360 g/mol. The highest BCUT2D eigenvalue weighted by atomic mass is 16.6. The molecule has 0 aliphatic heterocycles. The lowest BCUT2D eigenvalue weighted by Crippen LogP contribution is -2.29. The maximum absolute atomic E-state index is 12.3. The summed E-state index contributed by atoms with van der Waals surface area (Å²) in [6.07, 6.45) is 2.35. The molecular formula is C22H24O6. The van der Waals surface area contributed by atoms with Crippen LogP contribution in [-0.2, 0) is 9.47 Å². The normalized spacial score (nSPS) is 18.8. The number of esters is 2. The van der Waals surface area contributed by atoms with Crippen LogP contribution in [0.3, 0.4) is 0 Å². The Morgan fingerprint density at radius 1 is 0.643 bits per heavy atom. The third kappa shape index (κ3) is 5.03. The van der Waals surface area contributed by atoms with Crippen LogP contribution in [0.5, 0.6) is 11.5 Å². The first-order valence-corrected chi connectivity index (χ1v) is 9.29. The molecule has 0 heterocycles. The summed E-state index contributed by atoms with van der Waals surface area (Å²) in [4.78, 5) is 24.5. The van der Waals surface area contributed by atoms with Gasteiger partial charge in [0, 0.05) is 0 Å². The first-order valence-electron chi connectivity index (χ1n) is 9.29. The summed E-state index contributed by atoms with van der Waals surface area (Å²) in [5.41, 5.74) is 0.989. The molecule has 2 aromatic rings. The van der Waals surface area contributed by atoms with Gasteiger partial charge in [0.1, 0.15) is 23.7 Å². The zero-order valence-corrected chi connectivity index (χ0v) is 16.1. The van der Waals surface area contributed by atoms with Gasteiger partial charge in [-0.05, 0) is 74.2 Å². The lowest BCUT2D eigenvalue weighted by Gasteiger charge is -2.28. The van der Waals surface area contributed by atoms with Crippen LogP contribution >= 0.6 is 0 Å². The average Bonchev–Trinajstić information content (AvgIpc) is 2.75. The molecule has 3 rings (SSSR count). The highest BCUT2D eigenvalue weighted by Gasteiger charge is 2.27. The van der Waals surface area contributed by atoms with Crippen LogP contribution in [-0.4, -0.2) is 38.4 Å². The van der Waals surface area contributed by atoms with E-state index in [4.69, 9.17) is 18.9 Å². The van der Waals surface area contributed by atoms with E-state index in [0.717, 1.165) is 0 Å². The topological polar surface area (TPSA) is 71.1 Å². The Morgan fingerprint density at radius 2 is 0.964 bits per heavy atom. The maximum atomic E-state index is 12.3. The van der Waals surface area contributed by atoms with Gasteiger partial charge in [0.2, 0.25) is 0 Å². The minimum Gasteiger partial charge on any atom is -0.497 e. The van der Waals surface area contributed by atoms with Crippen LogP contribution in [0.2, 0.25) is 0 Å². The second kappa shape index (κ2) is 9.26. The van der Waals surface area contributed by atoms with Crippen LogP contribution in [0.25, 0.3) is 0 Å². The van der Waals surface area contributed by atoms with E-state index < -0.39 is 0 Å². The lowest BCUT2D eigenvalue weighted by molar-refractivity contribution is -0.0108. The van der Waals surface area contributed by atoms with Crippen molar-refractivity contribution < 1.29 is 28.5 Å². The first-order chi connectivity index (χ1) is 13.6. The summed E-state index contributed by atoms with van der Waals surface area (Å²) < 4.78 is 21.3. The number of benzene rings is 2. The van der Waals surface area contributed by atoms with Gasteiger partial charge in [-0.3, -0.25) is 0 Å². The third-order valence-corrected chi connectivity index (χ3v) is 4.82. The highest BCUT2D eigenvalue weighted by molar-refractivity contribution is 5.90. The standard InChI is InChI=1S/C22H24O6/c1-25-17-7-3-15(4-8-17)21(23)27-19-11-13-20(14-12-19)28-22(24)16-5-9-18(26-2)10-6-16/h3-10,19-20H,11-14H2,1-2H3. The molecule has 1 aliphatic rings. The Labute approximate surface area is 164 Å². The van der Waals surface area contributed by atoms with Crippen LogP contribution in [0.15, 0.2) is 48.5 Å². The SMILES string of the molecule is COc1ccc(C(=O)OC2CCC(OC(=O)c3ccc(OC)cc3)CC2)cc1. The zero-order chi connectivity index (χ0) is 19.9. The van der Waals surface area contributed by atoms with Crippen LogP contribution < -0.4 is 9.47 Å². The molecule has 2 aromatic carbocycles. The Kier molecular flexibility index (Phi) is 6.53. The second-order valence-corrected chi connectivity index (χ2v) is 6.67. The smallest absolute Gasteiger partial charge is 0.338 e. The number of carbonyl (C=O) groups excluding carboxylic acids is 2. The molecule has 6 nitrogen and oxygen atoms in total. The minimum atomic E-state index is -0.346. The number of methoxy groups -OCH3 is 2. The van der Waals surface area contributed by atoms with Crippen molar-refractivity contribution in [3.05, 3.63) is 59.7 Å². The molecule has 28 heavy (non-hydrogen) atoms. The molecule has 0 unspecified atom stereocenters. The van der Waals surface area contributed by atoms with E-state index in [2.05, 4.69) is 0 Å². The van der Waals surface area contributed by atoms with Crippen LogP contribution in [0.1, 0.15) is 46.4 Å². The maximum Gasteiger partial charge on any atom is 0.338 e. The van der Waals surface area contributed by atoms with Crippen molar-refractivity contribution >= 4 is 11.9 Å². The van der Waals surface area contributed by atoms with Crippen molar-refractivity contribution in [2.24, 2.45) is 0 Å². The summed E-state index contributed by atoms with van der Waals surface area (Å²) >= 11 is 0. The summed E-state index contributed by atoms with van der Waals surface area (Å²) in [6, 6.07) is 13.6. The largest absolute Gasteiger partial charge is 0.497 e. The number of hydrogen-bond acceptors (Lipinski definition) is 6. The summed E-state index contributed by atoms with van der Waals surface area (Å²) in [5, 5.41) is 0. The molecule has 0 bridgehead atoms. The molecule has 0 spiro atoms. The van der Waals surface area contributed by atoms with Gasteiger partial charge in [0.25, 0.3) is 0 Å². The van der Waals surface area contributed by atoms with E-state index in [9.17, 15) is 9.59 Å². The van der Waals surface area contributed by atoms with Gasteiger partial charge in [0.05, 0.1) is 25.3 Å². The molecule has 0 amide bonds. The molecule has 0 saturated heterocycles. The molecule has 0 atom stereocenters. The fraction of sp³-hybridized carbons (Fsp3) is 0.364. The van der Waals surface area contributed by atoms with Gasteiger partial charge in [-0.1, -0.05) is 0 Å². The molecule has 1 aliphatic carbocycles. The van der Waals surface area contributed by atoms with Gasteiger partial charge in [0.15, 0.2) is 0 Å². The second-order valence-electron chi connectivity index (χ2n) is 6.67. The fourth-order valence-corrected chi connectivity index (χ4v) is 3.16. The number of ether oxygens (including phenoxy) is 4. The monoisotopic (exact) mass is 384 g/mol. The van der Waals surface area contributed by atoms with Gasteiger partial charge < -0.3 is 18.9 Å².